The number of hydrogen-bond acceptors (Lipinski definition) is 2. The first-order valence-electron chi connectivity index (χ1n) is 8.58. The van der Waals surface area contributed by atoms with E-state index in [0.717, 1.165) is 21.7 Å². The molecule has 0 saturated heterocycles. The number of fused-ring (bicyclic) bond motifs is 3. The quantitative estimate of drug-likeness (QED) is 0.750. The Kier molecular flexibility index (Phi) is 4.74. The minimum absolute atomic E-state index is 0.0562. The van der Waals surface area contributed by atoms with Crippen LogP contribution in [0.3, 0.4) is 0 Å². The van der Waals surface area contributed by atoms with Gasteiger partial charge in [0.05, 0.1) is 6.54 Å². The third kappa shape index (κ3) is 3.50. The van der Waals surface area contributed by atoms with Crippen molar-refractivity contribution in [1.29, 1.82) is 0 Å². The minimum Gasteiger partial charge on any atom is -0.352 e. The maximum Gasteiger partial charge on any atom is 0.270 e. The van der Waals surface area contributed by atoms with Crippen LogP contribution in [-0.2, 0) is 4.79 Å². The molecule has 0 atom stereocenters. The fourth-order valence-electron chi connectivity index (χ4n) is 3.04. The van der Waals surface area contributed by atoms with E-state index in [-0.39, 0.29) is 24.4 Å². The number of carbonyl (C=O) groups is 2. The number of aromatic nitrogens is 1. The van der Waals surface area contributed by atoms with Crippen LogP contribution in [-0.4, -0.2) is 40.8 Å². The number of H-pyrrole nitrogens is 1. The second kappa shape index (κ2) is 6.97. The van der Waals surface area contributed by atoms with Crippen LogP contribution in [0.25, 0.3) is 21.7 Å². The highest BCUT2D eigenvalue weighted by Gasteiger charge is 2.20. The molecular formula is C20H23N3O2. The van der Waals surface area contributed by atoms with Gasteiger partial charge in [-0.3, -0.25) is 9.59 Å². The molecule has 2 amide bonds. The van der Waals surface area contributed by atoms with Crippen LogP contribution in [0.15, 0.2) is 42.5 Å². The SMILES string of the molecule is CCN(CC(=O)NC(C)C)C(=O)c1cc2c(ccc3ccccc32)[nH]1. The topological polar surface area (TPSA) is 65.2 Å². The third-order valence-electron chi connectivity index (χ3n) is 4.21. The van der Waals surface area contributed by atoms with Gasteiger partial charge in [-0.15, -0.1) is 0 Å². The predicted molar refractivity (Wildman–Crippen MR) is 101 cm³/mol. The highest BCUT2D eigenvalue weighted by atomic mass is 16.2. The number of rotatable bonds is 5. The van der Waals surface area contributed by atoms with Crippen LogP contribution in [0.1, 0.15) is 31.3 Å². The molecule has 3 aromatic rings. The monoisotopic (exact) mass is 337 g/mol. The standard InChI is InChI=1S/C20H23N3O2/c1-4-23(12-19(24)21-13(2)3)20(25)18-11-16-15-8-6-5-7-14(15)9-10-17(16)22-18/h5-11,13,22H,4,12H2,1-3H3,(H,21,24). The molecule has 0 spiro atoms. The lowest BCUT2D eigenvalue weighted by Crippen LogP contribution is -2.42. The van der Waals surface area contributed by atoms with E-state index in [9.17, 15) is 9.59 Å². The lowest BCUT2D eigenvalue weighted by molar-refractivity contribution is -0.122. The van der Waals surface area contributed by atoms with E-state index in [1.165, 1.54) is 0 Å². The molecule has 0 fully saturated rings. The summed E-state index contributed by atoms with van der Waals surface area (Å²) in [4.78, 5) is 29.5. The van der Waals surface area contributed by atoms with Crippen LogP contribution in [0, 0.1) is 0 Å². The fourth-order valence-corrected chi connectivity index (χ4v) is 3.04. The molecule has 130 valence electrons. The van der Waals surface area contributed by atoms with Crippen LogP contribution < -0.4 is 5.32 Å². The van der Waals surface area contributed by atoms with Crippen molar-refractivity contribution in [1.82, 2.24) is 15.2 Å². The summed E-state index contributed by atoms with van der Waals surface area (Å²) in [5.41, 5.74) is 1.43. The molecule has 25 heavy (non-hydrogen) atoms. The van der Waals surface area contributed by atoms with Crippen molar-refractivity contribution < 1.29 is 9.59 Å². The summed E-state index contributed by atoms with van der Waals surface area (Å²) in [7, 11) is 0. The molecule has 2 aromatic carbocycles. The van der Waals surface area contributed by atoms with Crippen LogP contribution in [0.5, 0.6) is 0 Å². The molecule has 0 unspecified atom stereocenters. The number of carbonyl (C=O) groups excluding carboxylic acids is 2. The van der Waals surface area contributed by atoms with Gasteiger partial charge in [0.1, 0.15) is 5.69 Å². The Bertz CT molecular complexity index is 927. The van der Waals surface area contributed by atoms with E-state index in [2.05, 4.69) is 16.4 Å². The van der Waals surface area contributed by atoms with Crippen molar-refractivity contribution in [2.45, 2.75) is 26.8 Å². The zero-order chi connectivity index (χ0) is 18.0. The zero-order valence-electron chi connectivity index (χ0n) is 14.8. The molecule has 5 nitrogen and oxygen atoms in total. The number of hydrogen-bond donors (Lipinski definition) is 2. The molecule has 0 saturated carbocycles. The van der Waals surface area contributed by atoms with E-state index in [4.69, 9.17) is 0 Å². The Labute approximate surface area is 147 Å². The summed E-state index contributed by atoms with van der Waals surface area (Å²) in [6.07, 6.45) is 0. The summed E-state index contributed by atoms with van der Waals surface area (Å²) in [6.45, 7) is 6.21. The minimum atomic E-state index is -0.165. The average Bonchev–Trinajstić information content (AvgIpc) is 3.03. The Morgan fingerprint density at radius 1 is 1.12 bits per heavy atom. The zero-order valence-corrected chi connectivity index (χ0v) is 14.8. The Hall–Kier alpha value is -2.82. The lowest BCUT2D eigenvalue weighted by Gasteiger charge is -2.20. The van der Waals surface area contributed by atoms with Gasteiger partial charge in [0.2, 0.25) is 5.91 Å². The van der Waals surface area contributed by atoms with Crippen molar-refractivity contribution in [2.75, 3.05) is 13.1 Å². The molecular weight excluding hydrogens is 314 g/mol. The second-order valence-corrected chi connectivity index (χ2v) is 6.47. The number of amides is 2. The highest BCUT2D eigenvalue weighted by Crippen LogP contribution is 2.26. The average molecular weight is 337 g/mol. The van der Waals surface area contributed by atoms with Crippen molar-refractivity contribution in [3.63, 3.8) is 0 Å². The van der Waals surface area contributed by atoms with Crippen LogP contribution in [0.2, 0.25) is 0 Å². The fraction of sp³-hybridized carbons (Fsp3) is 0.300. The van der Waals surface area contributed by atoms with E-state index in [1.807, 2.05) is 57.2 Å². The number of nitrogens with zero attached hydrogens (tertiary/aromatic N) is 1. The Morgan fingerprint density at radius 3 is 2.60 bits per heavy atom. The third-order valence-corrected chi connectivity index (χ3v) is 4.21. The number of benzene rings is 2. The summed E-state index contributed by atoms with van der Waals surface area (Å²) < 4.78 is 0. The second-order valence-electron chi connectivity index (χ2n) is 6.47. The normalized spacial score (nSPS) is 11.2. The van der Waals surface area contributed by atoms with Gasteiger partial charge in [0, 0.05) is 23.5 Å². The number of nitrogens with one attached hydrogen (secondary N) is 2. The molecule has 0 aliphatic rings. The van der Waals surface area contributed by atoms with Gasteiger partial charge in [-0.1, -0.05) is 30.3 Å². The van der Waals surface area contributed by atoms with E-state index < -0.39 is 0 Å². The summed E-state index contributed by atoms with van der Waals surface area (Å²) in [6, 6.07) is 14.0. The van der Waals surface area contributed by atoms with Crippen molar-refractivity contribution in [2.24, 2.45) is 0 Å². The van der Waals surface area contributed by atoms with E-state index in [0.29, 0.717) is 12.2 Å². The smallest absolute Gasteiger partial charge is 0.270 e. The van der Waals surface area contributed by atoms with Gasteiger partial charge >= 0.3 is 0 Å². The number of aromatic amines is 1. The van der Waals surface area contributed by atoms with Gasteiger partial charge in [-0.05, 0) is 43.7 Å². The summed E-state index contributed by atoms with van der Waals surface area (Å²) >= 11 is 0. The maximum atomic E-state index is 12.8. The summed E-state index contributed by atoms with van der Waals surface area (Å²) in [5.74, 6) is -0.312. The van der Waals surface area contributed by atoms with Gasteiger partial charge in [0.15, 0.2) is 0 Å². The Morgan fingerprint density at radius 2 is 1.88 bits per heavy atom. The first-order valence-corrected chi connectivity index (χ1v) is 8.58. The number of likely N-dealkylation sites (N-methyl/N-ethyl adjacent to an activating group) is 1. The van der Waals surface area contributed by atoms with E-state index >= 15 is 0 Å². The van der Waals surface area contributed by atoms with Crippen molar-refractivity contribution in [3.05, 3.63) is 48.2 Å². The molecule has 0 radical (unpaired) electrons. The van der Waals surface area contributed by atoms with Crippen molar-refractivity contribution >= 4 is 33.5 Å². The van der Waals surface area contributed by atoms with E-state index in [1.54, 1.807) is 4.90 Å². The molecule has 1 heterocycles. The lowest BCUT2D eigenvalue weighted by atomic mass is 10.1. The molecule has 1 aromatic heterocycles. The highest BCUT2D eigenvalue weighted by molar-refractivity contribution is 6.10. The molecule has 0 bridgehead atoms. The van der Waals surface area contributed by atoms with Crippen LogP contribution in [0.4, 0.5) is 0 Å². The first kappa shape index (κ1) is 17.0. The summed E-state index contributed by atoms with van der Waals surface area (Å²) in [5, 5.41) is 6.08. The van der Waals surface area contributed by atoms with Gasteiger partial charge < -0.3 is 15.2 Å². The molecule has 2 N–H and O–H groups in total. The van der Waals surface area contributed by atoms with Crippen molar-refractivity contribution in [3.8, 4) is 0 Å². The largest absolute Gasteiger partial charge is 0.352 e. The molecule has 5 heteroatoms. The van der Waals surface area contributed by atoms with Gasteiger partial charge in [-0.2, -0.15) is 0 Å². The molecule has 3 rings (SSSR count). The predicted octanol–water partition coefficient (Wildman–Crippen LogP) is 3.31. The maximum absolute atomic E-state index is 12.8. The van der Waals surface area contributed by atoms with Gasteiger partial charge in [-0.25, -0.2) is 0 Å². The first-order chi connectivity index (χ1) is 12.0. The molecule has 0 aliphatic heterocycles. The Balaban J connectivity index is 1.90. The molecule has 0 aliphatic carbocycles. The van der Waals surface area contributed by atoms with Gasteiger partial charge in [0.25, 0.3) is 5.91 Å². The van der Waals surface area contributed by atoms with Crippen LogP contribution >= 0.6 is 0 Å².